The van der Waals surface area contributed by atoms with Crippen molar-refractivity contribution in [2.45, 2.75) is 11.8 Å². The maximum atomic E-state index is 14.0. The molecule has 0 N–H and O–H groups in total. The summed E-state index contributed by atoms with van der Waals surface area (Å²) in [6.45, 7) is 0. The Balaban J connectivity index is 2.02. The second kappa shape index (κ2) is 9.55. The van der Waals surface area contributed by atoms with Gasteiger partial charge in [0, 0.05) is 35.2 Å². The van der Waals surface area contributed by atoms with Gasteiger partial charge >= 0.3 is 0 Å². The molecule has 0 heterocycles. The Hall–Kier alpha value is -3.87. The Bertz CT molecular complexity index is 1170. The zero-order valence-corrected chi connectivity index (χ0v) is 20.1. The minimum atomic E-state index is -0.559. The van der Waals surface area contributed by atoms with Crippen LogP contribution in [0.5, 0.6) is 34.5 Å². The molecular formula is C27H28O7. The van der Waals surface area contributed by atoms with Gasteiger partial charge in [0.15, 0.2) is 5.78 Å². The van der Waals surface area contributed by atoms with Crippen LogP contribution in [0, 0.1) is 0 Å². The van der Waals surface area contributed by atoms with Gasteiger partial charge in [0.2, 0.25) is 0 Å². The number of hydrogen-bond donors (Lipinski definition) is 0. The number of Topliss-reactive ketones (excluding diaryl/α,β-unsaturated/α-hetero) is 1. The summed E-state index contributed by atoms with van der Waals surface area (Å²) in [7, 11) is 9.52. The standard InChI is InChI=1S/C27H28O7/c1-29-17-7-15(8-18(11-17)30-2)24-25(16-9-19(31-3)12-20(10-16)32-4)27(28)22-13-21(33-5)14-23(34-6)26(22)24/h7-14,24-25H,1-6H3/t24-,25-/m0/s1. The Kier molecular flexibility index (Phi) is 6.54. The van der Waals surface area contributed by atoms with Crippen molar-refractivity contribution in [3.05, 3.63) is 70.8 Å². The van der Waals surface area contributed by atoms with Crippen LogP contribution in [0.1, 0.15) is 38.9 Å². The predicted octanol–water partition coefficient (Wildman–Crippen LogP) is 4.85. The van der Waals surface area contributed by atoms with E-state index < -0.39 is 5.92 Å². The molecule has 0 radical (unpaired) electrons. The monoisotopic (exact) mass is 464 g/mol. The van der Waals surface area contributed by atoms with Crippen molar-refractivity contribution in [1.29, 1.82) is 0 Å². The Morgan fingerprint density at radius 3 is 1.32 bits per heavy atom. The summed E-state index contributed by atoms with van der Waals surface area (Å²) in [5.74, 6) is 2.61. The molecule has 34 heavy (non-hydrogen) atoms. The molecule has 0 saturated carbocycles. The zero-order valence-electron chi connectivity index (χ0n) is 20.1. The Morgan fingerprint density at radius 1 is 0.500 bits per heavy atom. The average molecular weight is 465 g/mol. The molecule has 0 spiro atoms. The molecule has 0 saturated heterocycles. The van der Waals surface area contributed by atoms with Crippen molar-refractivity contribution < 1.29 is 33.2 Å². The van der Waals surface area contributed by atoms with E-state index in [0.29, 0.717) is 40.1 Å². The van der Waals surface area contributed by atoms with Crippen LogP contribution in [0.25, 0.3) is 0 Å². The first-order chi connectivity index (χ1) is 16.5. The second-order valence-electron chi connectivity index (χ2n) is 7.90. The molecule has 3 aromatic carbocycles. The van der Waals surface area contributed by atoms with E-state index in [1.54, 1.807) is 66.9 Å². The van der Waals surface area contributed by atoms with Gasteiger partial charge in [0.05, 0.1) is 48.6 Å². The van der Waals surface area contributed by atoms with Crippen LogP contribution in [0.2, 0.25) is 0 Å². The first kappa shape index (κ1) is 23.3. The number of methoxy groups -OCH3 is 6. The van der Waals surface area contributed by atoms with Gasteiger partial charge in [-0.15, -0.1) is 0 Å². The molecule has 0 aliphatic heterocycles. The molecule has 0 bridgehead atoms. The molecule has 3 aromatic rings. The molecule has 1 aliphatic rings. The van der Waals surface area contributed by atoms with Gasteiger partial charge in [0.25, 0.3) is 0 Å². The third kappa shape index (κ3) is 3.98. The fraction of sp³-hybridized carbons (Fsp3) is 0.296. The largest absolute Gasteiger partial charge is 0.497 e. The van der Waals surface area contributed by atoms with Gasteiger partial charge in [0.1, 0.15) is 34.5 Å². The van der Waals surface area contributed by atoms with Crippen LogP contribution in [-0.4, -0.2) is 48.4 Å². The minimum Gasteiger partial charge on any atom is -0.497 e. The molecule has 2 atom stereocenters. The highest BCUT2D eigenvalue weighted by Gasteiger charge is 2.44. The van der Waals surface area contributed by atoms with E-state index in [2.05, 4.69) is 0 Å². The summed E-state index contributed by atoms with van der Waals surface area (Å²) in [6, 6.07) is 14.7. The minimum absolute atomic E-state index is 0.0470. The summed E-state index contributed by atoms with van der Waals surface area (Å²) in [5, 5.41) is 0. The lowest BCUT2D eigenvalue weighted by Crippen LogP contribution is -2.14. The third-order valence-corrected chi connectivity index (χ3v) is 6.23. The molecule has 178 valence electrons. The van der Waals surface area contributed by atoms with Crippen molar-refractivity contribution in [3.63, 3.8) is 0 Å². The smallest absolute Gasteiger partial charge is 0.171 e. The van der Waals surface area contributed by atoms with Crippen molar-refractivity contribution >= 4 is 5.78 Å². The number of fused-ring (bicyclic) bond motifs is 1. The highest BCUT2D eigenvalue weighted by molar-refractivity contribution is 6.08. The Labute approximate surface area is 199 Å². The zero-order chi connectivity index (χ0) is 24.4. The molecule has 7 heteroatoms. The summed E-state index contributed by atoms with van der Waals surface area (Å²) >= 11 is 0. The summed E-state index contributed by atoms with van der Waals surface area (Å²) in [6.07, 6.45) is 0. The molecule has 1 aliphatic carbocycles. The molecule has 0 amide bonds. The predicted molar refractivity (Wildman–Crippen MR) is 128 cm³/mol. The lowest BCUT2D eigenvalue weighted by atomic mass is 9.81. The summed E-state index contributed by atoms with van der Waals surface area (Å²) < 4.78 is 33.2. The number of carbonyl (C=O) groups excluding carboxylic acids is 1. The van der Waals surface area contributed by atoms with Gasteiger partial charge in [-0.1, -0.05) is 0 Å². The molecule has 0 aromatic heterocycles. The van der Waals surface area contributed by atoms with Crippen LogP contribution in [-0.2, 0) is 0 Å². The number of ketones is 1. The van der Waals surface area contributed by atoms with E-state index in [1.807, 2.05) is 24.3 Å². The quantitative estimate of drug-likeness (QED) is 0.472. The van der Waals surface area contributed by atoms with Crippen LogP contribution in [0.15, 0.2) is 48.5 Å². The van der Waals surface area contributed by atoms with E-state index in [9.17, 15) is 4.79 Å². The van der Waals surface area contributed by atoms with Crippen molar-refractivity contribution in [3.8, 4) is 34.5 Å². The highest BCUT2D eigenvalue weighted by Crippen LogP contribution is 2.53. The average Bonchev–Trinajstić information content (AvgIpc) is 3.19. The number of rotatable bonds is 8. The fourth-order valence-electron chi connectivity index (χ4n) is 4.62. The van der Waals surface area contributed by atoms with Crippen LogP contribution in [0.4, 0.5) is 0 Å². The number of hydrogen-bond acceptors (Lipinski definition) is 7. The molecular weight excluding hydrogens is 436 g/mol. The van der Waals surface area contributed by atoms with Gasteiger partial charge in [-0.25, -0.2) is 0 Å². The van der Waals surface area contributed by atoms with Crippen LogP contribution < -0.4 is 28.4 Å². The number of carbonyl (C=O) groups is 1. The maximum Gasteiger partial charge on any atom is 0.171 e. The summed E-state index contributed by atoms with van der Waals surface area (Å²) in [4.78, 5) is 14.0. The van der Waals surface area contributed by atoms with E-state index in [-0.39, 0.29) is 11.7 Å². The van der Waals surface area contributed by atoms with Gasteiger partial charge < -0.3 is 28.4 Å². The first-order valence-corrected chi connectivity index (χ1v) is 10.7. The lowest BCUT2D eigenvalue weighted by molar-refractivity contribution is 0.0967. The SMILES string of the molecule is COc1cc(OC)cc([C@@H]2c3c(OC)cc(OC)cc3C(=O)[C@H]2c2cc(OC)cc(OC)c2)c1. The maximum absolute atomic E-state index is 14.0. The fourth-order valence-corrected chi connectivity index (χ4v) is 4.62. The molecule has 4 rings (SSSR count). The van der Waals surface area contributed by atoms with E-state index in [0.717, 1.165) is 16.7 Å². The molecule has 7 nitrogen and oxygen atoms in total. The van der Waals surface area contributed by atoms with Crippen molar-refractivity contribution in [1.82, 2.24) is 0 Å². The third-order valence-electron chi connectivity index (χ3n) is 6.23. The molecule has 0 fully saturated rings. The van der Waals surface area contributed by atoms with E-state index in [1.165, 1.54) is 0 Å². The van der Waals surface area contributed by atoms with Crippen LogP contribution in [0.3, 0.4) is 0 Å². The highest BCUT2D eigenvalue weighted by atomic mass is 16.5. The van der Waals surface area contributed by atoms with Crippen molar-refractivity contribution in [2.24, 2.45) is 0 Å². The number of ether oxygens (including phenoxy) is 6. The summed E-state index contributed by atoms with van der Waals surface area (Å²) in [5.41, 5.74) is 2.97. The van der Waals surface area contributed by atoms with Crippen LogP contribution >= 0.6 is 0 Å². The number of benzene rings is 3. The van der Waals surface area contributed by atoms with E-state index in [4.69, 9.17) is 28.4 Å². The Morgan fingerprint density at radius 2 is 0.912 bits per heavy atom. The lowest BCUT2D eigenvalue weighted by Gasteiger charge is -2.23. The second-order valence-corrected chi connectivity index (χ2v) is 7.90. The molecule has 0 unspecified atom stereocenters. The topological polar surface area (TPSA) is 72.5 Å². The van der Waals surface area contributed by atoms with Gasteiger partial charge in [-0.3, -0.25) is 4.79 Å². The van der Waals surface area contributed by atoms with E-state index >= 15 is 0 Å². The first-order valence-electron chi connectivity index (χ1n) is 10.7. The normalized spacial score (nSPS) is 16.6. The van der Waals surface area contributed by atoms with Crippen molar-refractivity contribution in [2.75, 3.05) is 42.7 Å². The van der Waals surface area contributed by atoms with Gasteiger partial charge in [-0.05, 0) is 41.5 Å². The van der Waals surface area contributed by atoms with Gasteiger partial charge in [-0.2, -0.15) is 0 Å².